The zero-order chi connectivity index (χ0) is 24.9. The Kier molecular flexibility index (Phi) is 7.47. The van der Waals surface area contributed by atoms with Crippen LogP contribution in [-0.4, -0.2) is 61.5 Å². The lowest BCUT2D eigenvalue weighted by atomic mass is 9.86. The molecule has 2 saturated heterocycles. The average molecular weight is 483 g/mol. The van der Waals surface area contributed by atoms with E-state index in [4.69, 9.17) is 4.74 Å². The van der Waals surface area contributed by atoms with E-state index >= 15 is 0 Å². The van der Waals surface area contributed by atoms with Gasteiger partial charge in [-0.15, -0.1) is 0 Å². The topological polar surface area (TPSA) is 49.9 Å². The molecule has 0 saturated carbocycles. The van der Waals surface area contributed by atoms with Gasteiger partial charge < -0.3 is 14.5 Å². The van der Waals surface area contributed by atoms with Crippen molar-refractivity contribution >= 4 is 11.9 Å². The van der Waals surface area contributed by atoms with Crippen molar-refractivity contribution in [2.75, 3.05) is 39.8 Å². The maximum atomic E-state index is 13.6. The molecule has 0 spiro atoms. The highest BCUT2D eigenvalue weighted by molar-refractivity contribution is 6.05. The molecule has 0 aromatic heterocycles. The largest absolute Gasteiger partial charge is 0.465 e. The van der Waals surface area contributed by atoms with Gasteiger partial charge in [0.25, 0.3) is 5.91 Å². The number of hydrogen-bond donors (Lipinski definition) is 0. The molecule has 0 radical (unpaired) electrons. The summed E-state index contributed by atoms with van der Waals surface area (Å²) in [5.74, 6) is 0.670. The summed E-state index contributed by atoms with van der Waals surface area (Å²) in [7, 11) is 1.35. The Morgan fingerprint density at radius 2 is 1.36 bits per heavy atom. The first kappa shape index (κ1) is 24.3. The second-order valence-electron chi connectivity index (χ2n) is 10.0. The van der Waals surface area contributed by atoms with Crippen LogP contribution in [-0.2, 0) is 4.74 Å². The molecular formula is C31H34N2O3. The molecule has 5 nitrogen and oxygen atoms in total. The number of nitrogens with zero attached hydrogens (tertiary/aromatic N) is 2. The fraction of sp³-hybridized carbons (Fsp3) is 0.355. The van der Waals surface area contributed by atoms with E-state index in [1.165, 1.54) is 31.1 Å². The van der Waals surface area contributed by atoms with Gasteiger partial charge in [-0.1, -0.05) is 72.8 Å². The van der Waals surface area contributed by atoms with Gasteiger partial charge in [0.1, 0.15) is 0 Å². The zero-order valence-corrected chi connectivity index (χ0v) is 20.9. The van der Waals surface area contributed by atoms with Crippen LogP contribution in [0, 0.1) is 5.92 Å². The molecule has 3 aromatic rings. The van der Waals surface area contributed by atoms with Gasteiger partial charge in [-0.2, -0.15) is 0 Å². The van der Waals surface area contributed by atoms with Crippen molar-refractivity contribution in [3.05, 3.63) is 107 Å². The Labute approximate surface area is 213 Å². The van der Waals surface area contributed by atoms with Crippen LogP contribution in [0.1, 0.15) is 56.5 Å². The summed E-state index contributed by atoms with van der Waals surface area (Å²) in [5, 5.41) is 0. The van der Waals surface area contributed by atoms with Gasteiger partial charge in [-0.25, -0.2) is 4.79 Å². The van der Waals surface area contributed by atoms with E-state index in [1.807, 2.05) is 11.0 Å². The van der Waals surface area contributed by atoms with Crippen LogP contribution in [0.5, 0.6) is 0 Å². The van der Waals surface area contributed by atoms with Crippen LogP contribution in [0.15, 0.2) is 84.9 Å². The van der Waals surface area contributed by atoms with E-state index in [0.29, 0.717) is 36.1 Å². The molecule has 0 N–H and O–H groups in total. The lowest BCUT2D eigenvalue weighted by Crippen LogP contribution is -2.38. The molecule has 2 atom stereocenters. The summed E-state index contributed by atoms with van der Waals surface area (Å²) in [6.07, 6.45) is 2.34. The second-order valence-corrected chi connectivity index (χ2v) is 10.0. The van der Waals surface area contributed by atoms with E-state index in [2.05, 4.69) is 59.5 Å². The van der Waals surface area contributed by atoms with E-state index < -0.39 is 5.97 Å². The molecule has 2 aliphatic rings. The normalized spacial score (nSPS) is 20.9. The van der Waals surface area contributed by atoms with Crippen molar-refractivity contribution in [1.29, 1.82) is 0 Å². The van der Waals surface area contributed by atoms with Crippen LogP contribution in [0.2, 0.25) is 0 Å². The van der Waals surface area contributed by atoms with Crippen molar-refractivity contribution in [2.45, 2.75) is 24.7 Å². The van der Waals surface area contributed by atoms with Gasteiger partial charge in [0.2, 0.25) is 0 Å². The number of carbonyl (C=O) groups is 2. The molecule has 3 aromatic carbocycles. The molecule has 36 heavy (non-hydrogen) atoms. The molecule has 186 valence electrons. The predicted octanol–water partition coefficient (Wildman–Crippen LogP) is 5.21. The lowest BCUT2D eigenvalue weighted by molar-refractivity contribution is 0.0591. The van der Waals surface area contributed by atoms with Crippen molar-refractivity contribution in [2.24, 2.45) is 5.92 Å². The van der Waals surface area contributed by atoms with Crippen LogP contribution in [0.25, 0.3) is 0 Å². The molecule has 5 heteroatoms. The second kappa shape index (κ2) is 11.1. The number of piperidine rings is 1. The van der Waals surface area contributed by atoms with Crippen LogP contribution in [0.4, 0.5) is 0 Å². The van der Waals surface area contributed by atoms with E-state index in [-0.39, 0.29) is 11.8 Å². The number of benzene rings is 3. The van der Waals surface area contributed by atoms with Gasteiger partial charge >= 0.3 is 5.97 Å². The first-order valence-electron chi connectivity index (χ1n) is 12.9. The minimum atomic E-state index is -0.476. The summed E-state index contributed by atoms with van der Waals surface area (Å²) in [6.45, 7) is 4.48. The number of carbonyl (C=O) groups excluding carboxylic acids is 2. The summed E-state index contributed by atoms with van der Waals surface area (Å²) in [5.41, 5.74) is 3.47. The predicted molar refractivity (Wildman–Crippen MR) is 141 cm³/mol. The monoisotopic (exact) mass is 482 g/mol. The highest BCUT2D eigenvalue weighted by atomic mass is 16.5. The third-order valence-electron chi connectivity index (χ3n) is 7.87. The minimum absolute atomic E-state index is 0.0952. The number of likely N-dealkylation sites (tertiary alicyclic amines) is 2. The average Bonchev–Trinajstić information content (AvgIpc) is 3.37. The number of amides is 1. The lowest BCUT2D eigenvalue weighted by Gasteiger charge is -2.34. The Hall–Kier alpha value is -3.44. The number of ether oxygens (including phenoxy) is 1. The van der Waals surface area contributed by atoms with Crippen LogP contribution >= 0.6 is 0 Å². The van der Waals surface area contributed by atoms with Crippen molar-refractivity contribution in [3.63, 3.8) is 0 Å². The van der Waals surface area contributed by atoms with Gasteiger partial charge in [0.05, 0.1) is 18.2 Å². The number of esters is 1. The molecule has 0 unspecified atom stereocenters. The smallest absolute Gasteiger partial charge is 0.338 e. The molecule has 2 heterocycles. The SMILES string of the molecule is COC(=O)c1ccccc1C(=O)N1C[C@H](CN2CCC(c3ccccc3)CC2)[C@@H](c2ccccc2)C1. The highest BCUT2D eigenvalue weighted by Crippen LogP contribution is 2.36. The zero-order valence-electron chi connectivity index (χ0n) is 20.9. The molecule has 2 aliphatic heterocycles. The maximum Gasteiger partial charge on any atom is 0.338 e. The maximum absolute atomic E-state index is 13.6. The van der Waals surface area contributed by atoms with Crippen LogP contribution < -0.4 is 0 Å². The first-order valence-corrected chi connectivity index (χ1v) is 12.9. The summed E-state index contributed by atoms with van der Waals surface area (Å²) in [6, 6.07) is 28.4. The molecule has 2 fully saturated rings. The Morgan fingerprint density at radius 1 is 0.778 bits per heavy atom. The Morgan fingerprint density at radius 3 is 2.00 bits per heavy atom. The summed E-state index contributed by atoms with van der Waals surface area (Å²) in [4.78, 5) is 30.4. The fourth-order valence-corrected chi connectivity index (χ4v) is 5.93. The fourth-order valence-electron chi connectivity index (χ4n) is 5.93. The molecule has 5 rings (SSSR count). The Balaban J connectivity index is 1.31. The third kappa shape index (κ3) is 5.21. The summed E-state index contributed by atoms with van der Waals surface area (Å²) >= 11 is 0. The van der Waals surface area contributed by atoms with E-state index in [1.54, 1.807) is 24.3 Å². The van der Waals surface area contributed by atoms with Crippen molar-refractivity contribution in [3.8, 4) is 0 Å². The molecule has 0 bridgehead atoms. The standard InChI is InChI=1S/C31H34N2O3/c1-36-31(35)28-15-9-8-14-27(28)30(34)33-21-26(29(22-33)25-12-6-3-7-13-25)20-32-18-16-24(17-19-32)23-10-4-2-5-11-23/h2-15,24,26,29H,16-22H2,1H3/t26-,29+/m0/s1. The molecular weight excluding hydrogens is 448 g/mol. The van der Waals surface area contributed by atoms with Crippen LogP contribution in [0.3, 0.4) is 0 Å². The number of methoxy groups -OCH3 is 1. The van der Waals surface area contributed by atoms with E-state index in [0.717, 1.165) is 19.6 Å². The molecule has 0 aliphatic carbocycles. The summed E-state index contributed by atoms with van der Waals surface area (Å²) < 4.78 is 4.93. The van der Waals surface area contributed by atoms with Crippen molar-refractivity contribution < 1.29 is 14.3 Å². The highest BCUT2D eigenvalue weighted by Gasteiger charge is 2.38. The van der Waals surface area contributed by atoms with Gasteiger partial charge in [-0.05, 0) is 61.0 Å². The third-order valence-corrected chi connectivity index (χ3v) is 7.87. The molecule has 1 amide bonds. The van der Waals surface area contributed by atoms with E-state index in [9.17, 15) is 9.59 Å². The first-order chi connectivity index (χ1) is 17.6. The van der Waals surface area contributed by atoms with Gasteiger partial charge in [-0.3, -0.25) is 4.79 Å². The van der Waals surface area contributed by atoms with Crippen molar-refractivity contribution in [1.82, 2.24) is 9.80 Å². The number of hydrogen-bond acceptors (Lipinski definition) is 4. The van der Waals surface area contributed by atoms with Gasteiger partial charge in [0.15, 0.2) is 0 Å². The van der Waals surface area contributed by atoms with Gasteiger partial charge in [0, 0.05) is 25.6 Å². The Bertz CT molecular complexity index is 1170. The number of rotatable bonds is 6. The quantitative estimate of drug-likeness (QED) is 0.453. The minimum Gasteiger partial charge on any atom is -0.465 e.